The summed E-state index contributed by atoms with van der Waals surface area (Å²) in [4.78, 5) is 11.9. The average Bonchev–Trinajstić information content (AvgIpc) is 3.25. The van der Waals surface area contributed by atoms with Gasteiger partial charge in [0.05, 0.1) is 10.6 Å². The van der Waals surface area contributed by atoms with Gasteiger partial charge in [-0.15, -0.1) is 12.4 Å². The summed E-state index contributed by atoms with van der Waals surface area (Å²) in [6, 6.07) is 3.97. The summed E-state index contributed by atoms with van der Waals surface area (Å²) in [6.45, 7) is 2.19. The molecule has 7 heteroatoms. The first-order valence-electron chi connectivity index (χ1n) is 6.53. The van der Waals surface area contributed by atoms with Crippen molar-refractivity contribution in [1.82, 2.24) is 5.32 Å². The lowest BCUT2D eigenvalue weighted by atomic mass is 9.96. The van der Waals surface area contributed by atoms with Gasteiger partial charge in [-0.2, -0.15) is 0 Å². The predicted octanol–water partition coefficient (Wildman–Crippen LogP) is 2.52. The lowest BCUT2D eigenvalue weighted by molar-refractivity contribution is -0.125. The van der Waals surface area contributed by atoms with Crippen LogP contribution in [-0.2, 0) is 4.79 Å². The monoisotopic (exact) mass is 336 g/mol. The Bertz CT molecular complexity index is 512. The highest BCUT2D eigenvalue weighted by molar-refractivity contribution is 6.30. The van der Waals surface area contributed by atoms with Crippen molar-refractivity contribution in [1.29, 1.82) is 0 Å². The van der Waals surface area contributed by atoms with Gasteiger partial charge in [0.2, 0.25) is 0 Å². The van der Waals surface area contributed by atoms with E-state index in [2.05, 4.69) is 5.32 Å². The van der Waals surface area contributed by atoms with Crippen molar-refractivity contribution in [3.05, 3.63) is 29.0 Å². The van der Waals surface area contributed by atoms with Gasteiger partial charge in [-0.25, -0.2) is 4.39 Å². The Morgan fingerprint density at radius 3 is 2.76 bits per heavy atom. The topological polar surface area (TPSA) is 64.3 Å². The van der Waals surface area contributed by atoms with E-state index in [4.69, 9.17) is 22.1 Å². The summed E-state index contributed by atoms with van der Waals surface area (Å²) >= 11 is 5.64. The normalized spacial score (nSPS) is 16.6. The van der Waals surface area contributed by atoms with Crippen LogP contribution in [0.2, 0.25) is 5.02 Å². The van der Waals surface area contributed by atoms with E-state index in [1.165, 1.54) is 18.2 Å². The van der Waals surface area contributed by atoms with Crippen LogP contribution in [0.4, 0.5) is 4.39 Å². The zero-order valence-corrected chi connectivity index (χ0v) is 13.3. The predicted molar refractivity (Wildman–Crippen MR) is 82.5 cm³/mol. The molecule has 1 saturated carbocycles. The first-order chi connectivity index (χ1) is 9.44. The summed E-state index contributed by atoms with van der Waals surface area (Å²) in [6.07, 6.45) is 2.17. The van der Waals surface area contributed by atoms with Crippen LogP contribution < -0.4 is 15.8 Å². The molecule has 1 aliphatic carbocycles. The van der Waals surface area contributed by atoms with Gasteiger partial charge in [0.25, 0.3) is 5.91 Å². The highest BCUT2D eigenvalue weighted by Crippen LogP contribution is 2.38. The summed E-state index contributed by atoms with van der Waals surface area (Å²) < 4.78 is 18.3. The Kier molecular flexibility index (Phi) is 6.25. The summed E-state index contributed by atoms with van der Waals surface area (Å²) in [7, 11) is 0. The largest absolute Gasteiger partial charge is 0.484 e. The van der Waals surface area contributed by atoms with E-state index in [1.54, 1.807) is 0 Å². The number of hydrogen-bond acceptors (Lipinski definition) is 3. The van der Waals surface area contributed by atoms with Crippen molar-refractivity contribution in [2.45, 2.75) is 25.3 Å². The van der Waals surface area contributed by atoms with Crippen LogP contribution in [0.5, 0.6) is 5.75 Å². The summed E-state index contributed by atoms with van der Waals surface area (Å²) in [5.74, 6) is 0.0299. The molecule has 0 heterocycles. The van der Waals surface area contributed by atoms with Gasteiger partial charge in [-0.05, 0) is 37.8 Å². The second kappa shape index (κ2) is 7.29. The number of nitrogens with one attached hydrogen (secondary N) is 1. The molecule has 21 heavy (non-hydrogen) atoms. The number of hydrogen-bond donors (Lipinski definition) is 2. The molecular formula is C14H19Cl2FN2O2. The van der Waals surface area contributed by atoms with Crippen LogP contribution in [0.15, 0.2) is 18.2 Å². The fourth-order valence-electron chi connectivity index (χ4n) is 2.11. The number of nitrogens with two attached hydrogens (primary N) is 1. The van der Waals surface area contributed by atoms with E-state index >= 15 is 0 Å². The number of rotatable bonds is 6. The highest BCUT2D eigenvalue weighted by atomic mass is 35.5. The van der Waals surface area contributed by atoms with Gasteiger partial charge in [-0.1, -0.05) is 11.6 Å². The maximum atomic E-state index is 13.0. The maximum Gasteiger partial charge on any atom is 0.258 e. The molecule has 1 unspecified atom stereocenters. The fraction of sp³-hybridized carbons (Fsp3) is 0.500. The average molecular weight is 337 g/mol. The van der Waals surface area contributed by atoms with Gasteiger partial charge >= 0.3 is 0 Å². The number of amides is 1. The van der Waals surface area contributed by atoms with E-state index in [0.29, 0.717) is 18.2 Å². The molecule has 2 rings (SSSR count). The van der Waals surface area contributed by atoms with Crippen LogP contribution in [-0.4, -0.2) is 24.6 Å². The number of carbonyl (C=O) groups excluding carboxylic acids is 1. The molecule has 0 aromatic heterocycles. The third-order valence-electron chi connectivity index (χ3n) is 3.59. The maximum absolute atomic E-state index is 13.0. The first-order valence-corrected chi connectivity index (χ1v) is 6.91. The van der Waals surface area contributed by atoms with Crippen molar-refractivity contribution in [3.8, 4) is 5.75 Å². The zero-order chi connectivity index (χ0) is 14.8. The molecule has 0 saturated heterocycles. The Hall–Kier alpha value is -1.04. The second-order valence-corrected chi connectivity index (χ2v) is 5.72. The fourth-order valence-corrected chi connectivity index (χ4v) is 2.28. The minimum Gasteiger partial charge on any atom is -0.484 e. The quantitative estimate of drug-likeness (QED) is 0.838. The van der Waals surface area contributed by atoms with E-state index in [1.807, 2.05) is 6.92 Å². The molecule has 118 valence electrons. The SMILES string of the molecule is CC(CN)(NC(=O)COc1ccc(F)c(Cl)c1)C1CC1.Cl. The Morgan fingerprint density at radius 1 is 1.57 bits per heavy atom. The van der Waals surface area contributed by atoms with E-state index in [-0.39, 0.29) is 35.5 Å². The van der Waals surface area contributed by atoms with Crippen LogP contribution in [0.1, 0.15) is 19.8 Å². The highest BCUT2D eigenvalue weighted by Gasteiger charge is 2.41. The van der Waals surface area contributed by atoms with Crippen LogP contribution in [0.25, 0.3) is 0 Å². The van der Waals surface area contributed by atoms with Gasteiger partial charge < -0.3 is 15.8 Å². The standard InChI is InChI=1S/C14H18ClFN2O2.ClH/c1-14(8-17,9-2-3-9)18-13(19)7-20-10-4-5-12(16)11(15)6-10;/h4-6,9H,2-3,7-8,17H2,1H3,(H,18,19);1H. The Balaban J connectivity index is 0.00000220. The molecule has 3 N–H and O–H groups in total. The molecule has 1 aliphatic rings. The molecule has 0 spiro atoms. The molecule has 0 radical (unpaired) electrons. The third kappa shape index (κ3) is 4.73. The van der Waals surface area contributed by atoms with Crippen molar-refractivity contribution >= 4 is 29.9 Å². The molecule has 4 nitrogen and oxygen atoms in total. The summed E-state index contributed by atoms with van der Waals surface area (Å²) in [5, 5.41) is 2.87. The molecule has 1 aromatic rings. The zero-order valence-electron chi connectivity index (χ0n) is 11.7. The van der Waals surface area contributed by atoms with Crippen LogP contribution in [0, 0.1) is 11.7 Å². The molecule has 1 atom stereocenters. The molecule has 0 bridgehead atoms. The minimum atomic E-state index is -0.520. The summed E-state index contributed by atoms with van der Waals surface area (Å²) in [5.41, 5.74) is 5.35. The van der Waals surface area contributed by atoms with E-state index < -0.39 is 5.82 Å². The molecule has 1 aromatic carbocycles. The van der Waals surface area contributed by atoms with Crippen molar-refractivity contribution in [2.24, 2.45) is 11.7 Å². The van der Waals surface area contributed by atoms with E-state index in [9.17, 15) is 9.18 Å². The third-order valence-corrected chi connectivity index (χ3v) is 3.88. The molecule has 0 aliphatic heterocycles. The van der Waals surface area contributed by atoms with Crippen molar-refractivity contribution < 1.29 is 13.9 Å². The van der Waals surface area contributed by atoms with Gasteiger partial charge in [-0.3, -0.25) is 4.79 Å². The van der Waals surface area contributed by atoms with Crippen molar-refractivity contribution in [3.63, 3.8) is 0 Å². The first kappa shape index (κ1) is 18.0. The van der Waals surface area contributed by atoms with Crippen molar-refractivity contribution in [2.75, 3.05) is 13.2 Å². The molecule has 1 amide bonds. The smallest absolute Gasteiger partial charge is 0.258 e. The van der Waals surface area contributed by atoms with Crippen LogP contribution >= 0.6 is 24.0 Å². The van der Waals surface area contributed by atoms with Gasteiger partial charge in [0.1, 0.15) is 11.6 Å². The lowest BCUT2D eigenvalue weighted by Crippen LogP contribution is -2.54. The lowest BCUT2D eigenvalue weighted by Gasteiger charge is -2.29. The van der Waals surface area contributed by atoms with Gasteiger partial charge in [0, 0.05) is 12.6 Å². The number of carbonyl (C=O) groups is 1. The molecular weight excluding hydrogens is 318 g/mol. The van der Waals surface area contributed by atoms with Gasteiger partial charge in [0.15, 0.2) is 6.61 Å². The Labute approximate surface area is 134 Å². The van der Waals surface area contributed by atoms with Crippen LogP contribution in [0.3, 0.4) is 0 Å². The number of benzene rings is 1. The molecule has 1 fully saturated rings. The number of halogens is 3. The minimum absolute atomic E-state index is 0. The second-order valence-electron chi connectivity index (χ2n) is 5.31. The van der Waals surface area contributed by atoms with E-state index in [0.717, 1.165) is 12.8 Å². The number of ether oxygens (including phenoxy) is 1. The Morgan fingerprint density at radius 2 is 2.24 bits per heavy atom.